The Balaban J connectivity index is -0.0000000267. The Kier molecular flexibility index (Phi) is 12.5. The molecule has 0 aliphatic rings. The quantitative estimate of drug-likeness (QED) is 0.263. The molecule has 0 saturated carbocycles. The Morgan fingerprint density at radius 1 is 1.00 bits per heavy atom. The van der Waals surface area contributed by atoms with Crippen molar-refractivity contribution in [2.45, 2.75) is 0 Å². The van der Waals surface area contributed by atoms with Crippen LogP contribution in [0.25, 0.3) is 0 Å². The Morgan fingerprint density at radius 3 is 1.00 bits per heavy atom. The molecule has 0 aromatic rings. The van der Waals surface area contributed by atoms with Gasteiger partial charge in [0.2, 0.25) is 0 Å². The van der Waals surface area contributed by atoms with E-state index in [1.54, 1.807) is 0 Å². The maximum atomic E-state index is 7.33. The summed E-state index contributed by atoms with van der Waals surface area (Å²) in [7, 11) is -4.61. The van der Waals surface area contributed by atoms with Crippen LogP contribution in [0.2, 0.25) is 0 Å². The Labute approximate surface area is 72.5 Å². The smallest absolute Gasteiger partial charge is 1.00 e. The summed E-state index contributed by atoms with van der Waals surface area (Å²) in [6, 6.07) is 0. The van der Waals surface area contributed by atoms with Crippen molar-refractivity contribution in [1.82, 2.24) is 0 Å². The van der Waals surface area contributed by atoms with E-state index in [2.05, 4.69) is 0 Å². The van der Waals surface area contributed by atoms with Crippen molar-refractivity contribution < 1.29 is 50.2 Å². The number of hydrogen-bond acceptors (Lipinski definition) is 4. The van der Waals surface area contributed by atoms with Crippen LogP contribution < -0.4 is 29.6 Å². The van der Waals surface area contributed by atoms with Gasteiger partial charge in [-0.05, 0) is 0 Å². The fraction of sp³-hybridized carbons (Fsp3) is 0. The molecule has 0 saturated heterocycles. The van der Waals surface area contributed by atoms with Crippen molar-refractivity contribution in [2.75, 3.05) is 0 Å². The van der Waals surface area contributed by atoms with E-state index < -0.39 is 9.05 Å². The first-order chi connectivity index (χ1) is 2.00. The zero-order valence-electron chi connectivity index (χ0n) is 4.79. The standard InChI is InChI=1S/Na.H4O4Si.H2S.H/c;1-5(2,3)4;;/h;1-4H;1H2;/q+1;;;-1. The molecule has 0 aromatic carbocycles. The maximum absolute atomic E-state index is 7.33. The summed E-state index contributed by atoms with van der Waals surface area (Å²) in [6.07, 6.45) is 0. The van der Waals surface area contributed by atoms with E-state index in [-0.39, 0.29) is 44.5 Å². The molecular weight excluding hydrogens is 147 g/mol. The second-order valence-corrected chi connectivity index (χ2v) is 1.80. The molecule has 0 aromatic heterocycles. The minimum absolute atomic E-state index is 0. The van der Waals surface area contributed by atoms with E-state index >= 15 is 0 Å². The fourth-order valence-electron chi connectivity index (χ4n) is 0. The molecule has 0 heterocycles. The molecule has 0 spiro atoms. The van der Waals surface area contributed by atoms with Crippen molar-refractivity contribution in [3.8, 4) is 0 Å². The van der Waals surface area contributed by atoms with Gasteiger partial charge in [-0.15, -0.1) is 0 Å². The van der Waals surface area contributed by atoms with Gasteiger partial charge in [0, 0.05) is 0 Å². The van der Waals surface area contributed by atoms with Crippen LogP contribution in [-0.2, 0) is 0 Å². The third-order valence-corrected chi connectivity index (χ3v) is 0. The van der Waals surface area contributed by atoms with Gasteiger partial charge in [-0.2, -0.15) is 13.5 Å². The van der Waals surface area contributed by atoms with Crippen LogP contribution >= 0.6 is 13.5 Å². The molecule has 0 atom stereocenters. The number of hydrogen-bond donors (Lipinski definition) is 4. The summed E-state index contributed by atoms with van der Waals surface area (Å²) in [6.45, 7) is 0. The first-order valence-corrected chi connectivity index (χ1v) is 2.68. The minimum atomic E-state index is -4.61. The van der Waals surface area contributed by atoms with Crippen LogP contribution in [0.15, 0.2) is 0 Å². The van der Waals surface area contributed by atoms with E-state index in [0.29, 0.717) is 0 Å². The van der Waals surface area contributed by atoms with Gasteiger partial charge >= 0.3 is 38.6 Å². The number of rotatable bonds is 0. The molecule has 42 valence electrons. The van der Waals surface area contributed by atoms with Crippen LogP contribution in [0.3, 0.4) is 0 Å². The Morgan fingerprint density at radius 2 is 1.00 bits per heavy atom. The summed E-state index contributed by atoms with van der Waals surface area (Å²) >= 11 is 0. The average molecular weight is 154 g/mol. The molecular formula is H7NaO4SSi. The minimum Gasteiger partial charge on any atom is -1.00 e. The third-order valence-electron chi connectivity index (χ3n) is 0. The zero-order valence-corrected chi connectivity index (χ0v) is 7.79. The first kappa shape index (κ1) is 15.8. The van der Waals surface area contributed by atoms with Crippen molar-refractivity contribution in [3.05, 3.63) is 0 Å². The van der Waals surface area contributed by atoms with Gasteiger partial charge in [-0.1, -0.05) is 0 Å². The Hall–Kier alpha value is 1.41. The molecule has 0 amide bonds. The monoisotopic (exact) mass is 154 g/mol. The fourth-order valence-corrected chi connectivity index (χ4v) is 0. The molecule has 0 unspecified atom stereocenters. The first-order valence-electron chi connectivity index (χ1n) is 0.894. The van der Waals surface area contributed by atoms with Crippen LogP contribution in [-0.4, -0.2) is 28.2 Å². The van der Waals surface area contributed by atoms with E-state index in [1.807, 2.05) is 0 Å². The van der Waals surface area contributed by atoms with Crippen LogP contribution in [0.1, 0.15) is 1.43 Å². The second kappa shape index (κ2) is 5.54. The van der Waals surface area contributed by atoms with Gasteiger partial charge < -0.3 is 20.6 Å². The SMILES string of the molecule is O[Si](O)(O)O.S.[H-].[Na+]. The molecule has 0 rings (SSSR count). The predicted molar refractivity (Wildman–Crippen MR) is 26.1 cm³/mol. The summed E-state index contributed by atoms with van der Waals surface area (Å²) in [5.74, 6) is 0. The van der Waals surface area contributed by atoms with Crippen molar-refractivity contribution in [2.24, 2.45) is 0 Å². The predicted octanol–water partition coefficient (Wildman–Crippen LogP) is -5.38. The Bertz CT molecular complexity index is 31.5. The van der Waals surface area contributed by atoms with Gasteiger partial charge in [-0.3, -0.25) is 0 Å². The molecule has 0 bridgehead atoms. The summed E-state index contributed by atoms with van der Waals surface area (Å²) in [5.41, 5.74) is 0. The van der Waals surface area contributed by atoms with Gasteiger partial charge in [0.1, 0.15) is 0 Å². The van der Waals surface area contributed by atoms with Gasteiger partial charge in [0.05, 0.1) is 0 Å². The van der Waals surface area contributed by atoms with Crippen molar-refractivity contribution >= 4 is 22.5 Å². The van der Waals surface area contributed by atoms with E-state index in [1.165, 1.54) is 0 Å². The zero-order chi connectivity index (χ0) is 4.50. The van der Waals surface area contributed by atoms with Crippen LogP contribution in [0.4, 0.5) is 0 Å². The van der Waals surface area contributed by atoms with Gasteiger partial charge in [0.15, 0.2) is 0 Å². The summed E-state index contributed by atoms with van der Waals surface area (Å²) in [4.78, 5) is 29.3. The molecule has 7 heteroatoms. The van der Waals surface area contributed by atoms with Gasteiger partial charge in [0.25, 0.3) is 0 Å². The molecule has 0 aliphatic heterocycles. The third kappa shape index (κ3) is 109. The molecule has 4 nitrogen and oxygen atoms in total. The molecule has 4 N–H and O–H groups in total. The van der Waals surface area contributed by atoms with Crippen LogP contribution in [0.5, 0.6) is 0 Å². The van der Waals surface area contributed by atoms with E-state index in [4.69, 9.17) is 19.2 Å². The normalized spacial score (nSPS) is 8.57. The van der Waals surface area contributed by atoms with Crippen LogP contribution in [0, 0.1) is 0 Å². The molecule has 7 heavy (non-hydrogen) atoms. The summed E-state index contributed by atoms with van der Waals surface area (Å²) < 4.78 is 0. The average Bonchev–Trinajstić information content (AvgIpc) is 0.722. The maximum Gasteiger partial charge on any atom is 1.00 e. The van der Waals surface area contributed by atoms with Gasteiger partial charge in [-0.25, -0.2) is 0 Å². The summed E-state index contributed by atoms with van der Waals surface area (Å²) in [5, 5.41) is 0. The van der Waals surface area contributed by atoms with E-state index in [9.17, 15) is 0 Å². The molecule has 0 aliphatic carbocycles. The van der Waals surface area contributed by atoms with Crippen molar-refractivity contribution in [3.63, 3.8) is 0 Å². The topological polar surface area (TPSA) is 80.9 Å². The van der Waals surface area contributed by atoms with Crippen molar-refractivity contribution in [1.29, 1.82) is 0 Å². The largest absolute Gasteiger partial charge is 1.00 e. The molecule has 0 radical (unpaired) electrons. The second-order valence-electron chi connectivity index (χ2n) is 0.600. The van der Waals surface area contributed by atoms with E-state index in [0.717, 1.165) is 0 Å². The molecule has 0 fully saturated rings.